The fraction of sp³-hybridized carbons (Fsp3) is 0.231. The number of esters is 1. The zero-order valence-corrected chi connectivity index (χ0v) is 11.1. The summed E-state index contributed by atoms with van der Waals surface area (Å²) in [5, 5.41) is 12.8. The van der Waals surface area contributed by atoms with Crippen LogP contribution in [-0.2, 0) is 17.8 Å². The molecule has 0 spiro atoms. The van der Waals surface area contributed by atoms with Crippen molar-refractivity contribution in [2.45, 2.75) is 20.0 Å². The summed E-state index contributed by atoms with van der Waals surface area (Å²) in [7, 11) is 0. The molecule has 1 heterocycles. The standard InChI is InChI=1S/C13H11N3O2S/c1-2-11-12(19-16-15-11)13(17)18-8-10-6-4-3-5-9(10)7-14/h3-6H,2,8H2,1H3. The number of carbonyl (C=O) groups excluding carboxylic acids is 1. The summed E-state index contributed by atoms with van der Waals surface area (Å²) >= 11 is 1.03. The summed E-state index contributed by atoms with van der Waals surface area (Å²) in [6, 6.07) is 9.09. The van der Waals surface area contributed by atoms with Gasteiger partial charge < -0.3 is 4.74 Å². The van der Waals surface area contributed by atoms with Crippen molar-refractivity contribution in [2.24, 2.45) is 0 Å². The Balaban J connectivity index is 2.07. The molecule has 0 radical (unpaired) electrons. The number of hydrogen-bond donors (Lipinski definition) is 0. The number of carbonyl (C=O) groups is 1. The van der Waals surface area contributed by atoms with E-state index in [1.807, 2.05) is 6.92 Å². The number of benzene rings is 1. The summed E-state index contributed by atoms with van der Waals surface area (Å²) in [6.07, 6.45) is 0.635. The predicted molar refractivity (Wildman–Crippen MR) is 69.6 cm³/mol. The monoisotopic (exact) mass is 273 g/mol. The summed E-state index contributed by atoms with van der Waals surface area (Å²) in [6.45, 7) is 1.97. The van der Waals surface area contributed by atoms with Crippen molar-refractivity contribution in [3.8, 4) is 6.07 Å². The van der Waals surface area contributed by atoms with Gasteiger partial charge in [0.05, 0.1) is 17.3 Å². The first-order chi connectivity index (χ1) is 9.26. The maximum atomic E-state index is 11.9. The summed E-state index contributed by atoms with van der Waals surface area (Å²) < 4.78 is 8.94. The molecule has 2 rings (SSSR count). The number of aryl methyl sites for hydroxylation is 1. The summed E-state index contributed by atoms with van der Waals surface area (Å²) in [5.74, 6) is -0.445. The molecule has 0 saturated heterocycles. The zero-order valence-electron chi connectivity index (χ0n) is 10.3. The second-order valence-electron chi connectivity index (χ2n) is 3.75. The van der Waals surface area contributed by atoms with E-state index in [4.69, 9.17) is 10.00 Å². The first-order valence-corrected chi connectivity index (χ1v) is 6.50. The van der Waals surface area contributed by atoms with Crippen LogP contribution in [0.1, 0.15) is 33.4 Å². The van der Waals surface area contributed by atoms with Crippen LogP contribution in [0.4, 0.5) is 0 Å². The topological polar surface area (TPSA) is 75.9 Å². The molecule has 0 fully saturated rings. The number of nitrogens with zero attached hydrogens (tertiary/aromatic N) is 3. The first kappa shape index (κ1) is 13.2. The lowest BCUT2D eigenvalue weighted by atomic mass is 10.1. The minimum atomic E-state index is -0.445. The van der Waals surface area contributed by atoms with Crippen molar-refractivity contribution in [3.63, 3.8) is 0 Å². The minimum Gasteiger partial charge on any atom is -0.456 e. The maximum absolute atomic E-state index is 11.9. The van der Waals surface area contributed by atoms with E-state index in [1.165, 1.54) is 0 Å². The van der Waals surface area contributed by atoms with Crippen LogP contribution < -0.4 is 0 Å². The third-order valence-electron chi connectivity index (χ3n) is 2.57. The van der Waals surface area contributed by atoms with Crippen LogP contribution in [0.2, 0.25) is 0 Å². The Morgan fingerprint density at radius 2 is 2.26 bits per heavy atom. The van der Waals surface area contributed by atoms with Crippen LogP contribution in [0.5, 0.6) is 0 Å². The van der Waals surface area contributed by atoms with Gasteiger partial charge in [-0.25, -0.2) is 4.79 Å². The van der Waals surface area contributed by atoms with Gasteiger partial charge in [0.15, 0.2) is 4.88 Å². The van der Waals surface area contributed by atoms with Crippen LogP contribution in [0.15, 0.2) is 24.3 Å². The minimum absolute atomic E-state index is 0.0730. The van der Waals surface area contributed by atoms with Gasteiger partial charge in [0.2, 0.25) is 0 Å². The van der Waals surface area contributed by atoms with E-state index in [1.54, 1.807) is 24.3 Å². The largest absolute Gasteiger partial charge is 0.456 e. The van der Waals surface area contributed by atoms with E-state index in [2.05, 4.69) is 15.7 Å². The number of hydrogen-bond acceptors (Lipinski definition) is 6. The Kier molecular flexibility index (Phi) is 4.21. The average Bonchev–Trinajstić information content (AvgIpc) is 2.93. The molecular formula is C13H11N3O2S. The van der Waals surface area contributed by atoms with Gasteiger partial charge >= 0.3 is 5.97 Å². The quantitative estimate of drug-likeness (QED) is 0.799. The SMILES string of the molecule is CCc1nnsc1C(=O)OCc1ccccc1C#N. The van der Waals surface area contributed by atoms with Crippen LogP contribution in [0.25, 0.3) is 0 Å². The molecule has 6 heteroatoms. The Labute approximate surface area is 114 Å². The van der Waals surface area contributed by atoms with E-state index < -0.39 is 5.97 Å². The molecule has 0 N–H and O–H groups in total. The van der Waals surface area contributed by atoms with Crippen molar-refractivity contribution in [2.75, 3.05) is 0 Å². The number of nitriles is 1. The zero-order chi connectivity index (χ0) is 13.7. The normalized spacial score (nSPS) is 9.89. The van der Waals surface area contributed by atoms with Crippen LogP contribution in [0, 0.1) is 11.3 Å². The molecule has 2 aromatic rings. The highest BCUT2D eigenvalue weighted by atomic mass is 32.1. The number of ether oxygens (including phenoxy) is 1. The van der Waals surface area contributed by atoms with E-state index in [0.29, 0.717) is 28.1 Å². The molecule has 0 amide bonds. The van der Waals surface area contributed by atoms with Crippen molar-refractivity contribution < 1.29 is 9.53 Å². The van der Waals surface area contributed by atoms with E-state index in [9.17, 15) is 4.79 Å². The molecule has 5 nitrogen and oxygen atoms in total. The third-order valence-corrected chi connectivity index (χ3v) is 3.32. The molecule has 1 aromatic heterocycles. The van der Waals surface area contributed by atoms with Crippen molar-refractivity contribution in [3.05, 3.63) is 46.0 Å². The van der Waals surface area contributed by atoms with E-state index in [-0.39, 0.29) is 6.61 Å². The second-order valence-corrected chi connectivity index (χ2v) is 4.50. The highest BCUT2D eigenvalue weighted by Crippen LogP contribution is 2.15. The predicted octanol–water partition coefficient (Wildman–Crippen LogP) is 2.33. The Hall–Kier alpha value is -2.26. The van der Waals surface area contributed by atoms with Crippen molar-refractivity contribution in [1.82, 2.24) is 9.59 Å². The highest BCUT2D eigenvalue weighted by Gasteiger charge is 2.16. The molecule has 19 heavy (non-hydrogen) atoms. The van der Waals surface area contributed by atoms with E-state index in [0.717, 1.165) is 11.5 Å². The third kappa shape index (κ3) is 2.95. The molecule has 0 atom stereocenters. The van der Waals surface area contributed by atoms with Crippen molar-refractivity contribution in [1.29, 1.82) is 5.26 Å². The molecular weight excluding hydrogens is 262 g/mol. The van der Waals surface area contributed by atoms with Gasteiger partial charge in [-0.2, -0.15) is 5.26 Å². The molecule has 0 aliphatic carbocycles. The second kappa shape index (κ2) is 6.07. The molecule has 96 valence electrons. The highest BCUT2D eigenvalue weighted by molar-refractivity contribution is 7.07. The van der Waals surface area contributed by atoms with E-state index >= 15 is 0 Å². The number of rotatable bonds is 4. The fourth-order valence-electron chi connectivity index (χ4n) is 1.56. The van der Waals surface area contributed by atoms with Gasteiger partial charge in [0.1, 0.15) is 6.61 Å². The lowest BCUT2D eigenvalue weighted by Crippen LogP contribution is -2.06. The average molecular weight is 273 g/mol. The van der Waals surface area contributed by atoms with Gasteiger partial charge in [-0.05, 0) is 24.0 Å². The van der Waals surface area contributed by atoms with Gasteiger partial charge in [-0.3, -0.25) is 0 Å². The first-order valence-electron chi connectivity index (χ1n) is 5.72. The Morgan fingerprint density at radius 1 is 1.47 bits per heavy atom. The number of aromatic nitrogens is 2. The van der Waals surface area contributed by atoms with Crippen LogP contribution in [-0.4, -0.2) is 15.6 Å². The molecule has 0 aliphatic rings. The van der Waals surface area contributed by atoms with Gasteiger partial charge in [-0.15, -0.1) is 5.10 Å². The van der Waals surface area contributed by atoms with Gasteiger partial charge in [0, 0.05) is 5.56 Å². The Morgan fingerprint density at radius 3 is 3.00 bits per heavy atom. The van der Waals surface area contributed by atoms with Crippen molar-refractivity contribution >= 4 is 17.5 Å². The Bertz CT molecular complexity index is 631. The van der Waals surface area contributed by atoms with Gasteiger partial charge in [-0.1, -0.05) is 29.6 Å². The summed E-state index contributed by atoms with van der Waals surface area (Å²) in [5.41, 5.74) is 1.84. The maximum Gasteiger partial charge on any atom is 0.352 e. The lowest BCUT2D eigenvalue weighted by molar-refractivity contribution is 0.0477. The molecule has 0 aliphatic heterocycles. The molecule has 0 unspecified atom stereocenters. The summed E-state index contributed by atoms with van der Waals surface area (Å²) in [4.78, 5) is 12.3. The molecule has 0 saturated carbocycles. The van der Waals surface area contributed by atoms with Gasteiger partial charge in [0.25, 0.3) is 0 Å². The van der Waals surface area contributed by atoms with Crippen LogP contribution >= 0.6 is 11.5 Å². The molecule has 1 aromatic carbocycles. The lowest BCUT2D eigenvalue weighted by Gasteiger charge is -2.05. The molecule has 0 bridgehead atoms. The smallest absolute Gasteiger partial charge is 0.352 e. The van der Waals surface area contributed by atoms with Crippen LogP contribution in [0.3, 0.4) is 0 Å². The fourth-order valence-corrected chi connectivity index (χ4v) is 2.20.